The van der Waals surface area contributed by atoms with Crippen LogP contribution in [-0.4, -0.2) is 5.78 Å². The molecule has 0 bridgehead atoms. The Hall–Kier alpha value is -0.860. The summed E-state index contributed by atoms with van der Waals surface area (Å²) in [5, 5.41) is 0. The molecule has 1 unspecified atom stereocenters. The smallest absolute Gasteiger partial charge is 0.131 e. The predicted octanol–water partition coefficient (Wildman–Crippen LogP) is 2.09. The van der Waals surface area contributed by atoms with Crippen molar-refractivity contribution in [1.29, 1.82) is 0 Å². The summed E-state index contributed by atoms with van der Waals surface area (Å²) in [7, 11) is 0. The molecular weight excluding hydrogens is 186 g/mol. The molecule has 1 atom stereocenters. The maximum atomic E-state index is 10.7. The van der Waals surface area contributed by atoms with Gasteiger partial charge in [-0.15, -0.1) is 12.4 Å². The molecule has 0 amide bonds. The molecule has 1 aromatic carbocycles. The number of Topliss-reactive ketones (excluding diaryl/α,β-unsaturated/α-hetero) is 1. The molecule has 0 spiro atoms. The Bertz CT molecular complexity index is 261. The van der Waals surface area contributed by atoms with Gasteiger partial charge in [-0.1, -0.05) is 30.3 Å². The van der Waals surface area contributed by atoms with Gasteiger partial charge in [0.15, 0.2) is 0 Å². The molecule has 1 aromatic rings. The van der Waals surface area contributed by atoms with Crippen molar-refractivity contribution >= 4 is 18.2 Å². The van der Waals surface area contributed by atoms with E-state index in [4.69, 9.17) is 5.73 Å². The van der Waals surface area contributed by atoms with Crippen LogP contribution in [0, 0.1) is 0 Å². The number of nitrogens with two attached hydrogens (primary N) is 1. The van der Waals surface area contributed by atoms with E-state index in [1.54, 1.807) is 6.92 Å². The Morgan fingerprint density at radius 3 is 2.38 bits per heavy atom. The molecule has 0 saturated carbocycles. The normalized spacial score (nSPS) is 11.5. The van der Waals surface area contributed by atoms with Gasteiger partial charge in [-0.05, 0) is 12.5 Å². The fourth-order valence-electron chi connectivity index (χ4n) is 1.13. The molecule has 0 aliphatic heterocycles. The number of rotatable bonds is 3. The first-order valence-corrected chi connectivity index (χ1v) is 4.00. The number of carbonyl (C=O) groups is 1. The maximum absolute atomic E-state index is 10.7. The van der Waals surface area contributed by atoms with Crippen LogP contribution >= 0.6 is 12.4 Å². The van der Waals surface area contributed by atoms with Gasteiger partial charge in [0.25, 0.3) is 0 Å². The Balaban J connectivity index is 0.00000144. The second kappa shape index (κ2) is 5.73. The van der Waals surface area contributed by atoms with Gasteiger partial charge in [0.1, 0.15) is 5.78 Å². The van der Waals surface area contributed by atoms with Gasteiger partial charge in [-0.2, -0.15) is 0 Å². The molecular formula is C10H14ClNO. The third kappa shape index (κ3) is 4.06. The van der Waals surface area contributed by atoms with Gasteiger partial charge in [-0.25, -0.2) is 0 Å². The van der Waals surface area contributed by atoms with Crippen molar-refractivity contribution in [1.82, 2.24) is 0 Å². The number of carbonyl (C=O) groups excluding carboxylic acids is 1. The number of hydrogen-bond donors (Lipinski definition) is 1. The van der Waals surface area contributed by atoms with E-state index in [0.717, 1.165) is 5.56 Å². The zero-order valence-corrected chi connectivity index (χ0v) is 8.38. The highest BCUT2D eigenvalue weighted by molar-refractivity contribution is 5.85. The zero-order valence-electron chi connectivity index (χ0n) is 7.57. The summed E-state index contributed by atoms with van der Waals surface area (Å²) in [4.78, 5) is 10.7. The number of hydrogen-bond acceptors (Lipinski definition) is 2. The van der Waals surface area contributed by atoms with Gasteiger partial charge in [0, 0.05) is 12.5 Å². The maximum Gasteiger partial charge on any atom is 0.131 e. The fourth-order valence-corrected chi connectivity index (χ4v) is 1.13. The number of ketones is 1. The Morgan fingerprint density at radius 2 is 1.92 bits per heavy atom. The number of benzene rings is 1. The van der Waals surface area contributed by atoms with Gasteiger partial charge < -0.3 is 5.73 Å². The summed E-state index contributed by atoms with van der Waals surface area (Å²) in [5.74, 6) is 0.131. The van der Waals surface area contributed by atoms with Crippen LogP contribution in [0.25, 0.3) is 0 Å². The zero-order chi connectivity index (χ0) is 8.97. The lowest BCUT2D eigenvalue weighted by Crippen LogP contribution is -2.13. The minimum Gasteiger partial charge on any atom is -0.324 e. The molecule has 0 aliphatic rings. The first-order valence-electron chi connectivity index (χ1n) is 4.00. The quantitative estimate of drug-likeness (QED) is 0.810. The van der Waals surface area contributed by atoms with Crippen LogP contribution in [0.2, 0.25) is 0 Å². The summed E-state index contributed by atoms with van der Waals surface area (Å²) in [6, 6.07) is 9.51. The van der Waals surface area contributed by atoms with E-state index in [9.17, 15) is 4.79 Å². The monoisotopic (exact) mass is 199 g/mol. The largest absolute Gasteiger partial charge is 0.324 e. The van der Waals surface area contributed by atoms with Crippen LogP contribution in [-0.2, 0) is 4.79 Å². The fraction of sp³-hybridized carbons (Fsp3) is 0.300. The van der Waals surface area contributed by atoms with E-state index < -0.39 is 0 Å². The van der Waals surface area contributed by atoms with Gasteiger partial charge in [-0.3, -0.25) is 4.79 Å². The van der Waals surface area contributed by atoms with Gasteiger partial charge >= 0.3 is 0 Å². The molecule has 0 fully saturated rings. The lowest BCUT2D eigenvalue weighted by atomic mass is 10.0. The Kier molecular flexibility index (Phi) is 5.35. The lowest BCUT2D eigenvalue weighted by Gasteiger charge is -2.08. The summed E-state index contributed by atoms with van der Waals surface area (Å²) in [6.07, 6.45) is 0.421. The molecule has 0 aliphatic carbocycles. The molecule has 2 nitrogen and oxygen atoms in total. The second-order valence-corrected chi connectivity index (χ2v) is 2.92. The molecule has 0 aromatic heterocycles. The molecule has 3 heteroatoms. The molecule has 1 rings (SSSR count). The lowest BCUT2D eigenvalue weighted by molar-refractivity contribution is -0.117. The molecule has 0 saturated heterocycles. The summed E-state index contributed by atoms with van der Waals surface area (Å²) < 4.78 is 0. The first-order chi connectivity index (χ1) is 5.70. The van der Waals surface area contributed by atoms with Crippen molar-refractivity contribution in [3.63, 3.8) is 0 Å². The summed E-state index contributed by atoms with van der Waals surface area (Å²) in [5.41, 5.74) is 6.80. The topological polar surface area (TPSA) is 43.1 Å². The van der Waals surface area contributed by atoms with Gasteiger partial charge in [0.2, 0.25) is 0 Å². The van der Waals surface area contributed by atoms with E-state index in [0.29, 0.717) is 6.42 Å². The summed E-state index contributed by atoms with van der Waals surface area (Å²) in [6.45, 7) is 1.56. The van der Waals surface area contributed by atoms with Crippen molar-refractivity contribution in [2.75, 3.05) is 0 Å². The minimum absolute atomic E-state index is 0. The predicted molar refractivity (Wildman–Crippen MR) is 55.9 cm³/mol. The highest BCUT2D eigenvalue weighted by Crippen LogP contribution is 2.12. The van der Waals surface area contributed by atoms with E-state index in [-0.39, 0.29) is 24.2 Å². The Labute approximate surface area is 84.5 Å². The SMILES string of the molecule is CC(=O)CC(N)c1ccccc1.Cl. The standard InChI is InChI=1S/C10H13NO.ClH/c1-8(12)7-10(11)9-5-3-2-4-6-9;/h2-6,10H,7,11H2,1H3;1H. The highest BCUT2D eigenvalue weighted by atomic mass is 35.5. The van der Waals surface area contributed by atoms with Crippen molar-refractivity contribution in [3.8, 4) is 0 Å². The van der Waals surface area contributed by atoms with E-state index in [2.05, 4.69) is 0 Å². The highest BCUT2D eigenvalue weighted by Gasteiger charge is 2.06. The van der Waals surface area contributed by atoms with E-state index in [1.807, 2.05) is 30.3 Å². The summed E-state index contributed by atoms with van der Waals surface area (Å²) >= 11 is 0. The second-order valence-electron chi connectivity index (χ2n) is 2.92. The molecule has 13 heavy (non-hydrogen) atoms. The van der Waals surface area contributed by atoms with Crippen LogP contribution in [0.3, 0.4) is 0 Å². The van der Waals surface area contributed by atoms with E-state index in [1.165, 1.54) is 0 Å². The van der Waals surface area contributed by atoms with Crippen molar-refractivity contribution in [2.45, 2.75) is 19.4 Å². The third-order valence-corrected chi connectivity index (χ3v) is 1.74. The van der Waals surface area contributed by atoms with Crippen LogP contribution in [0.15, 0.2) is 30.3 Å². The van der Waals surface area contributed by atoms with Crippen LogP contribution in [0.5, 0.6) is 0 Å². The van der Waals surface area contributed by atoms with Crippen LogP contribution < -0.4 is 5.73 Å². The van der Waals surface area contributed by atoms with Gasteiger partial charge in [0.05, 0.1) is 0 Å². The van der Waals surface area contributed by atoms with Crippen LogP contribution in [0.1, 0.15) is 24.9 Å². The molecule has 0 radical (unpaired) electrons. The van der Waals surface area contributed by atoms with E-state index >= 15 is 0 Å². The molecule has 0 heterocycles. The molecule has 2 N–H and O–H groups in total. The average molecular weight is 200 g/mol. The first kappa shape index (κ1) is 12.1. The van der Waals surface area contributed by atoms with Crippen LogP contribution in [0.4, 0.5) is 0 Å². The van der Waals surface area contributed by atoms with Crippen molar-refractivity contribution < 1.29 is 4.79 Å². The average Bonchev–Trinajstić information content (AvgIpc) is 2.05. The Morgan fingerprint density at radius 1 is 1.38 bits per heavy atom. The van der Waals surface area contributed by atoms with Crippen molar-refractivity contribution in [2.24, 2.45) is 5.73 Å². The third-order valence-electron chi connectivity index (χ3n) is 1.74. The van der Waals surface area contributed by atoms with Crippen molar-refractivity contribution in [3.05, 3.63) is 35.9 Å². The minimum atomic E-state index is -0.149. The number of halogens is 1. The molecule has 72 valence electrons.